The van der Waals surface area contributed by atoms with Crippen molar-refractivity contribution in [1.82, 2.24) is 0 Å². The molecule has 3 aromatic carbocycles. The number of para-hydroxylation sites is 1. The van der Waals surface area contributed by atoms with E-state index in [0.717, 1.165) is 5.56 Å². The highest BCUT2D eigenvalue weighted by Gasteiger charge is 2.46. The standard InChI is InChI=1S/C23H20N2O5S/c1-15-9-11-18(12-10-15)31(29,30)25-17-6-4-5-16(13-17)21(26)14-23(28)19-7-2-3-8-20(19)24-22(23)27/h2-13,25,28H,14H2,1H3,(H,24,27). The van der Waals surface area contributed by atoms with Gasteiger partial charge in [-0.3, -0.25) is 14.3 Å². The first kappa shape index (κ1) is 20.8. The maximum Gasteiger partial charge on any atom is 0.261 e. The van der Waals surface area contributed by atoms with Crippen LogP contribution in [0.25, 0.3) is 0 Å². The van der Waals surface area contributed by atoms with Crippen molar-refractivity contribution >= 4 is 33.1 Å². The Morgan fingerprint density at radius 2 is 1.74 bits per heavy atom. The van der Waals surface area contributed by atoms with Crippen LogP contribution in [0.1, 0.15) is 27.9 Å². The van der Waals surface area contributed by atoms with Crippen LogP contribution in [0.15, 0.2) is 77.7 Å². The van der Waals surface area contributed by atoms with Gasteiger partial charge in [0, 0.05) is 22.5 Å². The lowest BCUT2D eigenvalue weighted by Crippen LogP contribution is -2.36. The van der Waals surface area contributed by atoms with E-state index in [-0.39, 0.29) is 16.1 Å². The van der Waals surface area contributed by atoms with E-state index in [1.54, 1.807) is 36.4 Å². The van der Waals surface area contributed by atoms with Crippen molar-refractivity contribution < 1.29 is 23.1 Å². The summed E-state index contributed by atoms with van der Waals surface area (Å²) in [7, 11) is -3.83. The van der Waals surface area contributed by atoms with Gasteiger partial charge in [-0.15, -0.1) is 0 Å². The predicted molar refractivity (Wildman–Crippen MR) is 116 cm³/mol. The Hall–Kier alpha value is -3.49. The largest absolute Gasteiger partial charge is 0.375 e. The smallest absolute Gasteiger partial charge is 0.261 e. The van der Waals surface area contributed by atoms with Crippen LogP contribution in [0.2, 0.25) is 0 Å². The minimum Gasteiger partial charge on any atom is -0.375 e. The second-order valence-corrected chi connectivity index (χ2v) is 9.14. The SMILES string of the molecule is Cc1ccc(S(=O)(=O)Nc2cccc(C(=O)CC3(O)C(=O)Nc4ccccc43)c2)cc1. The number of rotatable bonds is 6. The molecule has 0 saturated carbocycles. The molecule has 8 heteroatoms. The number of amides is 1. The summed E-state index contributed by atoms with van der Waals surface area (Å²) >= 11 is 0. The maximum absolute atomic E-state index is 12.9. The molecule has 3 aromatic rings. The first-order chi connectivity index (χ1) is 14.7. The molecule has 0 aromatic heterocycles. The van der Waals surface area contributed by atoms with Crippen molar-refractivity contribution in [2.45, 2.75) is 23.8 Å². The van der Waals surface area contributed by atoms with Gasteiger partial charge >= 0.3 is 0 Å². The Kier molecular flexibility index (Phi) is 5.12. The number of fused-ring (bicyclic) bond motifs is 1. The first-order valence-corrected chi connectivity index (χ1v) is 11.0. The van der Waals surface area contributed by atoms with E-state index < -0.39 is 33.7 Å². The fourth-order valence-electron chi connectivity index (χ4n) is 3.50. The number of sulfonamides is 1. The maximum atomic E-state index is 12.9. The molecule has 4 rings (SSSR count). The van der Waals surface area contributed by atoms with Crippen LogP contribution in [0.3, 0.4) is 0 Å². The molecule has 1 unspecified atom stereocenters. The van der Waals surface area contributed by atoms with E-state index in [2.05, 4.69) is 10.0 Å². The summed E-state index contributed by atoms with van der Waals surface area (Å²) in [5.41, 5.74) is 0.129. The van der Waals surface area contributed by atoms with Gasteiger partial charge in [-0.1, -0.05) is 48.0 Å². The number of aryl methyl sites for hydroxylation is 1. The summed E-state index contributed by atoms with van der Waals surface area (Å²) in [6, 6.07) is 19.0. The fraction of sp³-hybridized carbons (Fsp3) is 0.130. The molecular weight excluding hydrogens is 416 g/mol. The van der Waals surface area contributed by atoms with Gasteiger partial charge in [-0.05, 0) is 37.3 Å². The lowest BCUT2D eigenvalue weighted by molar-refractivity contribution is -0.133. The van der Waals surface area contributed by atoms with Gasteiger partial charge in [0.15, 0.2) is 11.4 Å². The van der Waals surface area contributed by atoms with E-state index in [1.165, 1.54) is 36.4 Å². The first-order valence-electron chi connectivity index (χ1n) is 9.55. The van der Waals surface area contributed by atoms with Crippen molar-refractivity contribution in [3.05, 3.63) is 89.5 Å². The average molecular weight is 436 g/mol. The third-order valence-corrected chi connectivity index (χ3v) is 6.58. The molecule has 31 heavy (non-hydrogen) atoms. The summed E-state index contributed by atoms with van der Waals surface area (Å²) in [6.45, 7) is 1.86. The van der Waals surface area contributed by atoms with Crippen molar-refractivity contribution in [2.24, 2.45) is 0 Å². The number of carbonyl (C=O) groups excluding carboxylic acids is 2. The highest BCUT2D eigenvalue weighted by Crippen LogP contribution is 2.38. The molecule has 1 atom stereocenters. The Labute approximate surface area is 179 Å². The van der Waals surface area contributed by atoms with E-state index >= 15 is 0 Å². The number of carbonyl (C=O) groups is 2. The average Bonchev–Trinajstić information content (AvgIpc) is 2.98. The van der Waals surface area contributed by atoms with E-state index in [0.29, 0.717) is 11.3 Å². The predicted octanol–water partition coefficient (Wildman–Crippen LogP) is 3.21. The fourth-order valence-corrected chi connectivity index (χ4v) is 4.55. The second-order valence-electron chi connectivity index (χ2n) is 7.46. The van der Waals surface area contributed by atoms with Crippen LogP contribution >= 0.6 is 0 Å². The normalized spacial score (nSPS) is 17.7. The number of nitrogens with one attached hydrogen (secondary N) is 2. The monoisotopic (exact) mass is 436 g/mol. The number of ketones is 1. The summed E-state index contributed by atoms with van der Waals surface area (Å²) in [6.07, 6.45) is -0.468. The van der Waals surface area contributed by atoms with E-state index in [9.17, 15) is 23.1 Å². The van der Waals surface area contributed by atoms with Crippen molar-refractivity contribution in [2.75, 3.05) is 10.0 Å². The Morgan fingerprint density at radius 3 is 2.48 bits per heavy atom. The van der Waals surface area contributed by atoms with Crippen LogP contribution in [-0.4, -0.2) is 25.2 Å². The van der Waals surface area contributed by atoms with Gasteiger partial charge in [0.25, 0.3) is 15.9 Å². The van der Waals surface area contributed by atoms with Crippen molar-refractivity contribution in [1.29, 1.82) is 0 Å². The van der Waals surface area contributed by atoms with Crippen molar-refractivity contribution in [3.8, 4) is 0 Å². The van der Waals surface area contributed by atoms with Crippen LogP contribution in [0.5, 0.6) is 0 Å². The lowest BCUT2D eigenvalue weighted by Gasteiger charge is -2.20. The third kappa shape index (κ3) is 3.95. The number of benzene rings is 3. The molecule has 1 heterocycles. The molecule has 3 N–H and O–H groups in total. The molecule has 0 radical (unpaired) electrons. The topological polar surface area (TPSA) is 113 Å². The number of Topliss-reactive ketones (excluding diaryl/α,β-unsaturated/α-hetero) is 1. The highest BCUT2D eigenvalue weighted by molar-refractivity contribution is 7.92. The Balaban J connectivity index is 1.57. The van der Waals surface area contributed by atoms with Crippen molar-refractivity contribution in [3.63, 3.8) is 0 Å². The highest BCUT2D eigenvalue weighted by atomic mass is 32.2. The summed E-state index contributed by atoms with van der Waals surface area (Å²) < 4.78 is 27.7. The number of anilines is 2. The minimum absolute atomic E-state index is 0.100. The number of hydrogen-bond donors (Lipinski definition) is 3. The second kappa shape index (κ2) is 7.64. The molecule has 0 aliphatic carbocycles. The van der Waals surface area contributed by atoms with Crippen LogP contribution in [-0.2, 0) is 20.4 Å². The molecule has 0 fully saturated rings. The molecule has 0 spiro atoms. The Morgan fingerprint density at radius 1 is 1.03 bits per heavy atom. The van der Waals surface area contributed by atoms with Gasteiger partial charge in [-0.25, -0.2) is 8.42 Å². The zero-order valence-electron chi connectivity index (χ0n) is 16.6. The zero-order chi connectivity index (χ0) is 22.2. The molecule has 1 amide bonds. The van der Waals surface area contributed by atoms with Gasteiger partial charge in [-0.2, -0.15) is 0 Å². The van der Waals surface area contributed by atoms with Gasteiger partial charge < -0.3 is 10.4 Å². The van der Waals surface area contributed by atoms with Gasteiger partial charge in [0.1, 0.15) is 0 Å². The van der Waals surface area contributed by atoms with E-state index in [1.807, 2.05) is 6.92 Å². The third-order valence-electron chi connectivity index (χ3n) is 5.18. The minimum atomic E-state index is -3.83. The number of aliphatic hydroxyl groups is 1. The molecule has 158 valence electrons. The van der Waals surface area contributed by atoms with Gasteiger partial charge in [0.05, 0.1) is 11.3 Å². The summed E-state index contributed by atoms with van der Waals surface area (Å²) in [5, 5.41) is 13.5. The number of hydrogen-bond acceptors (Lipinski definition) is 5. The zero-order valence-corrected chi connectivity index (χ0v) is 17.4. The summed E-state index contributed by atoms with van der Waals surface area (Å²) in [4.78, 5) is 25.3. The van der Waals surface area contributed by atoms with Crippen LogP contribution in [0.4, 0.5) is 11.4 Å². The molecule has 0 saturated heterocycles. The Bertz CT molecular complexity index is 1290. The molecule has 1 aliphatic heterocycles. The molecule has 1 aliphatic rings. The summed E-state index contributed by atoms with van der Waals surface area (Å²) in [5.74, 6) is -1.16. The quantitative estimate of drug-likeness (QED) is 0.514. The molecule has 7 nitrogen and oxygen atoms in total. The molecule has 0 bridgehead atoms. The lowest BCUT2D eigenvalue weighted by atomic mass is 9.88. The van der Waals surface area contributed by atoms with Crippen LogP contribution < -0.4 is 10.0 Å². The van der Waals surface area contributed by atoms with E-state index in [4.69, 9.17) is 0 Å². The van der Waals surface area contributed by atoms with Crippen LogP contribution in [0, 0.1) is 6.92 Å². The molecular formula is C23H20N2O5S. The van der Waals surface area contributed by atoms with Gasteiger partial charge in [0.2, 0.25) is 0 Å².